The minimum Gasteiger partial charge on any atom is -0.396 e. The Kier molecular flexibility index (Phi) is 2.98. The molecule has 1 aromatic heterocycles. The first kappa shape index (κ1) is 10.1. The molecule has 0 unspecified atom stereocenters. The Morgan fingerprint density at radius 3 is 2.69 bits per heavy atom. The lowest BCUT2D eigenvalue weighted by molar-refractivity contribution is 0.147. The second kappa shape index (κ2) is 3.83. The third-order valence-electron chi connectivity index (χ3n) is 1.42. The number of hydrogen-bond donors (Lipinski definition) is 1. The molecule has 0 aliphatic heterocycles. The highest BCUT2D eigenvalue weighted by atomic mass is 127. The molecule has 2 N–H and O–H groups in total. The molecule has 0 saturated heterocycles. The summed E-state index contributed by atoms with van der Waals surface area (Å²) >= 11 is 1.82. The fourth-order valence-electron chi connectivity index (χ4n) is 0.805. The van der Waals surface area contributed by atoms with Crippen molar-refractivity contribution in [2.45, 2.75) is 6.43 Å². The van der Waals surface area contributed by atoms with Gasteiger partial charge in [-0.05, 0) is 22.6 Å². The number of anilines is 1. The zero-order chi connectivity index (χ0) is 10.0. The molecule has 1 aromatic rings. The van der Waals surface area contributed by atoms with Crippen LogP contribution in [0.1, 0.15) is 17.7 Å². The number of pyridine rings is 1. The molecule has 1 heterocycles. The maximum Gasteiger partial charge on any atom is 0.282 e. The second-order valence-electron chi connectivity index (χ2n) is 2.19. The van der Waals surface area contributed by atoms with Crippen molar-refractivity contribution in [2.24, 2.45) is 0 Å². The first-order valence-corrected chi connectivity index (χ1v) is 4.28. The van der Waals surface area contributed by atoms with Gasteiger partial charge in [0.2, 0.25) is 0 Å². The second-order valence-corrected chi connectivity index (χ2v) is 3.35. The normalized spacial score (nSPS) is 10.1. The molecular formula is C7H4F2IN3. The van der Waals surface area contributed by atoms with Crippen molar-refractivity contribution in [3.8, 4) is 6.07 Å². The molecule has 0 atom stereocenters. The third kappa shape index (κ3) is 1.85. The molecule has 1 rings (SSSR count). The van der Waals surface area contributed by atoms with Crippen LogP contribution in [0.3, 0.4) is 0 Å². The summed E-state index contributed by atoms with van der Waals surface area (Å²) in [5.74, 6) is 0. The van der Waals surface area contributed by atoms with E-state index in [4.69, 9.17) is 11.0 Å². The highest BCUT2D eigenvalue weighted by molar-refractivity contribution is 14.1. The molecule has 0 fully saturated rings. The number of hydrogen-bond acceptors (Lipinski definition) is 3. The smallest absolute Gasteiger partial charge is 0.282 e. The predicted molar refractivity (Wildman–Crippen MR) is 51.0 cm³/mol. The summed E-state index contributed by atoms with van der Waals surface area (Å²) in [6.45, 7) is 0. The number of nitrogens with two attached hydrogens (primary N) is 1. The summed E-state index contributed by atoms with van der Waals surface area (Å²) in [6, 6.07) is 1.75. The highest BCUT2D eigenvalue weighted by Gasteiger charge is 2.17. The van der Waals surface area contributed by atoms with Crippen molar-refractivity contribution in [2.75, 3.05) is 5.73 Å². The van der Waals surface area contributed by atoms with Gasteiger partial charge in [-0.15, -0.1) is 0 Å². The van der Waals surface area contributed by atoms with Crippen LogP contribution < -0.4 is 5.73 Å². The van der Waals surface area contributed by atoms with Gasteiger partial charge in [-0.2, -0.15) is 5.26 Å². The molecule has 13 heavy (non-hydrogen) atoms. The van der Waals surface area contributed by atoms with E-state index in [-0.39, 0.29) is 11.3 Å². The van der Waals surface area contributed by atoms with Crippen molar-refractivity contribution in [3.05, 3.63) is 21.0 Å². The molecular weight excluding hydrogens is 291 g/mol. The molecule has 0 aliphatic carbocycles. The van der Waals surface area contributed by atoms with E-state index < -0.39 is 12.1 Å². The van der Waals surface area contributed by atoms with Crippen LogP contribution in [0.25, 0.3) is 0 Å². The summed E-state index contributed by atoms with van der Waals surface area (Å²) in [5, 5.41) is 8.60. The van der Waals surface area contributed by atoms with Crippen LogP contribution >= 0.6 is 22.6 Å². The average Bonchev–Trinajstić information content (AvgIpc) is 2.04. The van der Waals surface area contributed by atoms with Crippen molar-refractivity contribution in [1.82, 2.24) is 4.98 Å². The molecule has 0 aliphatic rings. The molecule has 68 valence electrons. The molecule has 0 aromatic carbocycles. The Labute approximate surface area is 86.7 Å². The van der Waals surface area contributed by atoms with Gasteiger partial charge in [-0.25, -0.2) is 8.78 Å². The summed E-state index contributed by atoms with van der Waals surface area (Å²) in [4.78, 5) is 3.45. The van der Waals surface area contributed by atoms with Gasteiger partial charge in [0.05, 0.1) is 14.8 Å². The average molecular weight is 295 g/mol. The summed E-state index contributed by atoms with van der Waals surface area (Å²) < 4.78 is 24.9. The Morgan fingerprint density at radius 1 is 1.62 bits per heavy atom. The van der Waals surface area contributed by atoms with Crippen LogP contribution in [0.15, 0.2) is 6.20 Å². The number of aromatic nitrogens is 1. The Bertz CT molecular complexity index is 373. The fraction of sp³-hybridized carbons (Fsp3) is 0.143. The predicted octanol–water partition coefficient (Wildman–Crippen LogP) is 2.08. The van der Waals surface area contributed by atoms with Crippen LogP contribution in [-0.2, 0) is 0 Å². The van der Waals surface area contributed by atoms with E-state index in [0.717, 1.165) is 0 Å². The van der Waals surface area contributed by atoms with Crippen LogP contribution in [0, 0.1) is 14.9 Å². The molecule has 0 amide bonds. The van der Waals surface area contributed by atoms with Gasteiger partial charge in [0.25, 0.3) is 6.43 Å². The minimum absolute atomic E-state index is 0.0610. The summed E-state index contributed by atoms with van der Waals surface area (Å²) in [6.07, 6.45) is -1.54. The van der Waals surface area contributed by atoms with Gasteiger partial charge in [0.1, 0.15) is 11.8 Å². The quantitative estimate of drug-likeness (QED) is 0.807. The van der Waals surface area contributed by atoms with Gasteiger partial charge < -0.3 is 5.73 Å². The van der Waals surface area contributed by atoms with Gasteiger partial charge in [0, 0.05) is 6.20 Å². The van der Waals surface area contributed by atoms with E-state index in [1.54, 1.807) is 6.07 Å². The Hall–Kier alpha value is -0.970. The molecule has 0 spiro atoms. The number of alkyl halides is 2. The lowest BCUT2D eigenvalue weighted by Crippen LogP contribution is -2.03. The van der Waals surface area contributed by atoms with Crippen molar-refractivity contribution >= 4 is 28.3 Å². The van der Waals surface area contributed by atoms with E-state index in [0.29, 0.717) is 3.57 Å². The van der Waals surface area contributed by atoms with E-state index in [2.05, 4.69) is 4.98 Å². The zero-order valence-corrected chi connectivity index (χ0v) is 8.42. The van der Waals surface area contributed by atoms with Crippen LogP contribution in [0.4, 0.5) is 14.5 Å². The van der Waals surface area contributed by atoms with E-state index in [9.17, 15) is 8.78 Å². The number of rotatable bonds is 1. The van der Waals surface area contributed by atoms with E-state index >= 15 is 0 Å². The molecule has 3 nitrogen and oxygen atoms in total. The summed E-state index contributed by atoms with van der Waals surface area (Å²) in [7, 11) is 0. The standard InChI is InChI=1S/C7H4F2IN3/c8-7(9)6-5(12)3(1-11)4(10)2-13-6/h2,7H,12H2. The fourth-order valence-corrected chi connectivity index (χ4v) is 1.35. The third-order valence-corrected chi connectivity index (χ3v) is 2.24. The molecule has 0 bridgehead atoms. The van der Waals surface area contributed by atoms with Gasteiger partial charge in [-0.1, -0.05) is 0 Å². The van der Waals surface area contributed by atoms with Gasteiger partial charge in [0.15, 0.2) is 0 Å². The SMILES string of the molecule is N#Cc1c(I)cnc(C(F)F)c1N. The monoisotopic (exact) mass is 295 g/mol. The largest absolute Gasteiger partial charge is 0.396 e. The highest BCUT2D eigenvalue weighted by Crippen LogP contribution is 2.27. The molecule has 0 saturated carbocycles. The Balaban J connectivity index is 3.38. The molecule has 6 heteroatoms. The first-order chi connectivity index (χ1) is 6.07. The maximum atomic E-state index is 12.2. The minimum atomic E-state index is -2.75. The van der Waals surface area contributed by atoms with Crippen LogP contribution in [-0.4, -0.2) is 4.98 Å². The van der Waals surface area contributed by atoms with E-state index in [1.807, 2.05) is 22.6 Å². The maximum absolute atomic E-state index is 12.2. The van der Waals surface area contributed by atoms with Crippen LogP contribution in [0.5, 0.6) is 0 Å². The van der Waals surface area contributed by atoms with Crippen molar-refractivity contribution in [1.29, 1.82) is 5.26 Å². The number of nitrogen functional groups attached to an aromatic ring is 1. The number of halogens is 3. The Morgan fingerprint density at radius 2 is 2.23 bits per heavy atom. The van der Waals surface area contributed by atoms with Gasteiger partial charge >= 0.3 is 0 Å². The van der Waals surface area contributed by atoms with Crippen molar-refractivity contribution in [3.63, 3.8) is 0 Å². The number of nitrogens with zero attached hydrogens (tertiary/aromatic N) is 2. The zero-order valence-electron chi connectivity index (χ0n) is 6.26. The number of nitriles is 1. The van der Waals surface area contributed by atoms with Gasteiger partial charge in [-0.3, -0.25) is 4.98 Å². The summed E-state index contributed by atoms with van der Waals surface area (Å²) in [5.41, 5.74) is 4.62. The van der Waals surface area contributed by atoms with E-state index in [1.165, 1.54) is 6.20 Å². The topological polar surface area (TPSA) is 62.7 Å². The van der Waals surface area contributed by atoms with Crippen molar-refractivity contribution < 1.29 is 8.78 Å². The first-order valence-electron chi connectivity index (χ1n) is 3.20. The lowest BCUT2D eigenvalue weighted by Gasteiger charge is -2.05. The van der Waals surface area contributed by atoms with Crippen LogP contribution in [0.2, 0.25) is 0 Å². The lowest BCUT2D eigenvalue weighted by atomic mass is 10.2. The molecule has 0 radical (unpaired) electrons.